The second kappa shape index (κ2) is 8.05. The topological polar surface area (TPSA) is 12.4 Å². The Morgan fingerprint density at radius 1 is 1.62 bits per heavy atom. The van der Waals surface area contributed by atoms with Gasteiger partial charge in [-0.15, -0.1) is 0 Å². The van der Waals surface area contributed by atoms with Crippen molar-refractivity contribution in [2.45, 2.75) is 13.8 Å². The van der Waals surface area contributed by atoms with Gasteiger partial charge in [0, 0.05) is 0 Å². The summed E-state index contributed by atoms with van der Waals surface area (Å²) in [6.45, 7) is 8.91. The molecule has 0 radical (unpaired) electrons. The maximum atomic E-state index is 4.92. The molecular weight excluding hydrogens is 125 g/mol. The maximum absolute atomic E-state index is 4.92. The van der Waals surface area contributed by atoms with Crippen molar-refractivity contribution in [3.8, 4) is 0 Å². The molecule has 2 heteroatoms. The summed E-state index contributed by atoms with van der Waals surface area (Å²) in [5.74, 6) is 0.375. The molecule has 0 saturated heterocycles. The minimum atomic E-state index is 0. The molecule has 0 aromatic heterocycles. The third kappa shape index (κ3) is 10.1. The van der Waals surface area contributed by atoms with E-state index in [1.54, 1.807) is 0 Å². The van der Waals surface area contributed by atoms with Gasteiger partial charge >= 0.3 is 51.4 Å². The fourth-order valence-corrected chi connectivity index (χ4v) is 0.192. The van der Waals surface area contributed by atoms with E-state index in [-0.39, 0.29) is 51.4 Å². The summed E-state index contributed by atoms with van der Waals surface area (Å²) < 4.78 is 0. The zero-order valence-electron chi connectivity index (χ0n) is 5.68. The summed E-state index contributed by atoms with van der Waals surface area (Å²) in [5, 5.41) is 0. The van der Waals surface area contributed by atoms with E-state index < -0.39 is 0 Å². The van der Waals surface area contributed by atoms with E-state index in [1.807, 2.05) is 13.8 Å². The summed E-state index contributed by atoms with van der Waals surface area (Å²) in [4.78, 5) is 3.57. The van der Waals surface area contributed by atoms with Gasteiger partial charge in [-0.2, -0.15) is 6.21 Å². The average molecular weight is 134 g/mol. The van der Waals surface area contributed by atoms with Gasteiger partial charge in [0.15, 0.2) is 0 Å². The third-order valence-electron chi connectivity index (χ3n) is 0.407. The van der Waals surface area contributed by atoms with Crippen LogP contribution in [0.15, 0.2) is 11.2 Å². The molecule has 8 heavy (non-hydrogen) atoms. The van der Waals surface area contributed by atoms with Crippen LogP contribution >= 0.6 is 0 Å². The van der Waals surface area contributed by atoms with Gasteiger partial charge in [-0.05, 0) is 0 Å². The fourth-order valence-electron chi connectivity index (χ4n) is 0.192. The Morgan fingerprint density at radius 2 is 2.12 bits per heavy atom. The molecule has 0 atom stereocenters. The Hall–Kier alpha value is 1.05. The molecule has 40 valence electrons. The molecule has 0 aliphatic carbocycles. The van der Waals surface area contributed by atoms with Crippen LogP contribution in [0.2, 0.25) is 0 Å². The first-order chi connectivity index (χ1) is 3.27. The normalized spacial score (nSPS) is 9.38. The monoisotopic (exact) mass is 134 g/mol. The van der Waals surface area contributed by atoms with Crippen LogP contribution in [0.5, 0.6) is 0 Å². The number of aliphatic imine (C=N–C) groups is 1. The molecule has 0 bridgehead atoms. The average Bonchev–Trinajstić information content (AvgIpc) is 1.61. The molecule has 0 rings (SSSR count). The van der Waals surface area contributed by atoms with Crippen LogP contribution in [0.1, 0.15) is 13.8 Å². The third-order valence-corrected chi connectivity index (χ3v) is 0.407. The minimum absolute atomic E-state index is 0. The second-order valence-electron chi connectivity index (χ2n) is 1.56. The molecule has 0 aliphatic rings. The van der Waals surface area contributed by atoms with Crippen LogP contribution in [0, 0.1) is 12.5 Å². The standard InChI is InChI=1S/C6H9N.K/c1-4-7-5-6(2)3;/h1,4,6H,2-3H3;/q-2;+1. The molecule has 0 aromatic rings. The number of nitrogens with zero attached hydrogens (tertiary/aromatic N) is 1. The molecule has 0 spiro atoms. The minimum Gasteiger partial charge on any atom is -0.601 e. The molecule has 0 saturated carbocycles. The second-order valence-corrected chi connectivity index (χ2v) is 1.56. The van der Waals surface area contributed by atoms with Gasteiger partial charge in [0.1, 0.15) is 0 Å². The molecule has 0 unspecified atom stereocenters. The fraction of sp³-hybridized carbons (Fsp3) is 0.500. The van der Waals surface area contributed by atoms with Crippen molar-refractivity contribution >= 4 is 6.21 Å². The zero-order valence-corrected chi connectivity index (χ0v) is 8.80. The van der Waals surface area contributed by atoms with E-state index in [0.29, 0.717) is 5.92 Å². The largest absolute Gasteiger partial charge is 1.00 e. The van der Waals surface area contributed by atoms with E-state index in [2.05, 4.69) is 11.2 Å². The Bertz CT molecular complexity index is 76.6. The summed E-state index contributed by atoms with van der Waals surface area (Å²) in [6, 6.07) is 0. The van der Waals surface area contributed by atoms with Crippen molar-refractivity contribution in [1.29, 1.82) is 0 Å². The molecular formula is C6H9KN-. The quantitative estimate of drug-likeness (QED) is 0.249. The first-order valence-corrected chi connectivity index (χ1v) is 2.26. The molecule has 0 heterocycles. The van der Waals surface area contributed by atoms with E-state index in [9.17, 15) is 0 Å². The van der Waals surface area contributed by atoms with E-state index in [0.717, 1.165) is 0 Å². The van der Waals surface area contributed by atoms with Crippen molar-refractivity contribution in [3.63, 3.8) is 0 Å². The smallest absolute Gasteiger partial charge is 0.601 e. The first-order valence-electron chi connectivity index (χ1n) is 2.26. The van der Waals surface area contributed by atoms with Crippen LogP contribution in [-0.2, 0) is 0 Å². The Morgan fingerprint density at radius 3 is 2.25 bits per heavy atom. The Labute approximate surface area is 93.7 Å². The number of rotatable bonds is 2. The molecule has 0 aromatic carbocycles. The summed E-state index contributed by atoms with van der Waals surface area (Å²) in [6.07, 6.45) is 3.98. The first kappa shape index (κ1) is 11.8. The summed E-state index contributed by atoms with van der Waals surface area (Å²) in [5.41, 5.74) is 0. The van der Waals surface area contributed by atoms with Gasteiger partial charge < -0.3 is 17.8 Å². The molecule has 1 nitrogen and oxygen atoms in total. The van der Waals surface area contributed by atoms with Gasteiger partial charge in [0.25, 0.3) is 0 Å². The molecule has 0 amide bonds. The van der Waals surface area contributed by atoms with E-state index in [1.165, 1.54) is 6.20 Å². The molecule has 0 aliphatic heterocycles. The van der Waals surface area contributed by atoms with Crippen LogP contribution in [0.25, 0.3) is 0 Å². The predicted molar refractivity (Wildman–Crippen MR) is 31.1 cm³/mol. The number of hydrogen-bond acceptors (Lipinski definition) is 1. The Kier molecular flexibility index (Phi) is 11.9. The zero-order chi connectivity index (χ0) is 5.70. The summed E-state index contributed by atoms with van der Waals surface area (Å²) in [7, 11) is 0. The Balaban J connectivity index is 0. The van der Waals surface area contributed by atoms with Gasteiger partial charge in [-0.1, -0.05) is 19.8 Å². The van der Waals surface area contributed by atoms with Crippen molar-refractivity contribution in [2.24, 2.45) is 10.9 Å². The summed E-state index contributed by atoms with van der Waals surface area (Å²) >= 11 is 0. The van der Waals surface area contributed by atoms with Gasteiger partial charge in [0.05, 0.1) is 0 Å². The van der Waals surface area contributed by atoms with Gasteiger partial charge in [-0.25, -0.2) is 0 Å². The predicted octanol–water partition coefficient (Wildman–Crippen LogP) is -1.46. The number of hydrogen-bond donors (Lipinski definition) is 0. The van der Waals surface area contributed by atoms with Gasteiger partial charge in [-0.3, -0.25) is 0 Å². The molecule has 0 N–H and O–H groups in total. The van der Waals surface area contributed by atoms with Crippen molar-refractivity contribution in [3.05, 3.63) is 12.8 Å². The van der Waals surface area contributed by atoms with Crippen molar-refractivity contribution < 1.29 is 51.4 Å². The van der Waals surface area contributed by atoms with Crippen molar-refractivity contribution in [2.75, 3.05) is 0 Å². The van der Waals surface area contributed by atoms with Crippen LogP contribution in [-0.4, -0.2) is 6.21 Å². The SMILES string of the molecule is [CH-]=CN=[C-]C(C)C.[K+]. The van der Waals surface area contributed by atoms with Crippen LogP contribution < -0.4 is 51.4 Å². The van der Waals surface area contributed by atoms with Gasteiger partial charge in [0.2, 0.25) is 0 Å². The molecule has 0 fully saturated rings. The maximum Gasteiger partial charge on any atom is 1.00 e. The van der Waals surface area contributed by atoms with Crippen LogP contribution in [0.3, 0.4) is 0 Å². The van der Waals surface area contributed by atoms with Crippen LogP contribution in [0.4, 0.5) is 0 Å². The van der Waals surface area contributed by atoms with Crippen molar-refractivity contribution in [1.82, 2.24) is 0 Å². The van der Waals surface area contributed by atoms with E-state index >= 15 is 0 Å². The van der Waals surface area contributed by atoms with E-state index in [4.69, 9.17) is 6.58 Å².